The zero-order valence-electron chi connectivity index (χ0n) is 3.65. The van der Waals surface area contributed by atoms with Gasteiger partial charge in [-0.2, -0.15) is 0 Å². The SMILES string of the molecule is CC1N[C@@H]1C. The summed E-state index contributed by atoms with van der Waals surface area (Å²) < 4.78 is 0. The maximum absolute atomic E-state index is 3.19. The van der Waals surface area contributed by atoms with E-state index in [1.807, 2.05) is 0 Å². The Bertz CT molecular complexity index is 36.9. The standard InChI is InChI=1S/C4H9N/c1-3-4(2)5-3/h3-5H,1-2H3/t3-,4?/m1/s1. The van der Waals surface area contributed by atoms with Crippen LogP contribution in [-0.4, -0.2) is 12.1 Å². The molecule has 0 amide bonds. The first-order valence-electron chi connectivity index (χ1n) is 2.07. The second-order valence-corrected chi connectivity index (χ2v) is 1.74. The molecule has 0 aromatic rings. The van der Waals surface area contributed by atoms with Crippen molar-refractivity contribution in [3.05, 3.63) is 0 Å². The van der Waals surface area contributed by atoms with E-state index in [1.165, 1.54) is 0 Å². The Balaban J connectivity index is 2.20. The highest BCUT2D eigenvalue weighted by Gasteiger charge is 2.24. The lowest BCUT2D eigenvalue weighted by Gasteiger charge is -1.62. The van der Waals surface area contributed by atoms with Crippen molar-refractivity contribution in [1.82, 2.24) is 5.32 Å². The lowest BCUT2D eigenvalue weighted by atomic mass is 10.4. The van der Waals surface area contributed by atoms with Crippen LogP contribution in [0.25, 0.3) is 0 Å². The van der Waals surface area contributed by atoms with Crippen LogP contribution in [0.3, 0.4) is 0 Å². The van der Waals surface area contributed by atoms with Gasteiger partial charge < -0.3 is 5.32 Å². The van der Waals surface area contributed by atoms with Crippen molar-refractivity contribution in [2.45, 2.75) is 25.9 Å². The smallest absolute Gasteiger partial charge is 0.0193 e. The minimum absolute atomic E-state index is 0.801. The first-order chi connectivity index (χ1) is 2.30. The summed E-state index contributed by atoms with van der Waals surface area (Å²) in [4.78, 5) is 0. The first-order valence-corrected chi connectivity index (χ1v) is 2.07. The van der Waals surface area contributed by atoms with Crippen LogP contribution in [-0.2, 0) is 0 Å². The molecule has 0 aromatic heterocycles. The largest absolute Gasteiger partial charge is 0.309 e. The molecule has 2 atom stereocenters. The van der Waals surface area contributed by atoms with E-state index >= 15 is 0 Å². The van der Waals surface area contributed by atoms with Crippen LogP contribution < -0.4 is 5.32 Å². The highest BCUT2D eigenvalue weighted by Crippen LogP contribution is 2.05. The lowest BCUT2D eigenvalue weighted by molar-refractivity contribution is 1.05. The zero-order valence-corrected chi connectivity index (χ0v) is 3.65. The molecule has 1 heteroatoms. The molecule has 1 saturated heterocycles. The molecule has 1 N–H and O–H groups in total. The third kappa shape index (κ3) is 0.428. The van der Waals surface area contributed by atoms with Crippen molar-refractivity contribution in [3.63, 3.8) is 0 Å². The predicted molar refractivity (Wildman–Crippen MR) is 22.1 cm³/mol. The normalized spacial score (nSPS) is 49.2. The highest BCUT2D eigenvalue weighted by molar-refractivity contribution is 4.89. The summed E-state index contributed by atoms with van der Waals surface area (Å²) in [7, 11) is 0. The monoisotopic (exact) mass is 71.1 g/mol. The molecule has 1 heterocycles. The van der Waals surface area contributed by atoms with E-state index in [0.717, 1.165) is 12.1 Å². The number of nitrogens with one attached hydrogen (secondary N) is 1. The van der Waals surface area contributed by atoms with Gasteiger partial charge in [0.15, 0.2) is 0 Å². The van der Waals surface area contributed by atoms with E-state index in [9.17, 15) is 0 Å². The fraction of sp³-hybridized carbons (Fsp3) is 1.00. The Kier molecular flexibility index (Phi) is 0.453. The number of hydrogen-bond donors (Lipinski definition) is 1. The molecule has 1 aliphatic heterocycles. The Labute approximate surface area is 32.4 Å². The first kappa shape index (κ1) is 3.16. The van der Waals surface area contributed by atoms with Crippen LogP contribution in [0.15, 0.2) is 0 Å². The molecule has 0 aliphatic carbocycles. The molecule has 0 saturated carbocycles. The molecular weight excluding hydrogens is 62.1 g/mol. The van der Waals surface area contributed by atoms with Crippen molar-refractivity contribution in [1.29, 1.82) is 0 Å². The van der Waals surface area contributed by atoms with E-state index < -0.39 is 0 Å². The summed E-state index contributed by atoms with van der Waals surface area (Å²) in [6.07, 6.45) is 0. The molecule has 1 aliphatic rings. The molecule has 1 rings (SSSR count). The molecule has 1 unspecified atom stereocenters. The number of rotatable bonds is 0. The van der Waals surface area contributed by atoms with Gasteiger partial charge in [0.25, 0.3) is 0 Å². The molecule has 0 radical (unpaired) electrons. The van der Waals surface area contributed by atoms with Gasteiger partial charge in [-0.3, -0.25) is 0 Å². The van der Waals surface area contributed by atoms with Gasteiger partial charge in [-0.1, -0.05) is 0 Å². The van der Waals surface area contributed by atoms with Crippen LogP contribution in [0.4, 0.5) is 0 Å². The fourth-order valence-electron chi connectivity index (χ4n) is 0.359. The minimum Gasteiger partial charge on any atom is -0.309 e. The van der Waals surface area contributed by atoms with E-state index in [-0.39, 0.29) is 0 Å². The molecule has 1 nitrogen and oxygen atoms in total. The summed E-state index contributed by atoms with van der Waals surface area (Å²) in [6, 6.07) is 1.60. The quantitative estimate of drug-likeness (QED) is 0.409. The van der Waals surface area contributed by atoms with Gasteiger partial charge >= 0.3 is 0 Å². The summed E-state index contributed by atoms with van der Waals surface area (Å²) in [6.45, 7) is 4.37. The zero-order chi connectivity index (χ0) is 3.86. The van der Waals surface area contributed by atoms with E-state index in [0.29, 0.717) is 0 Å². The summed E-state index contributed by atoms with van der Waals surface area (Å²) in [5.41, 5.74) is 0. The van der Waals surface area contributed by atoms with Crippen LogP contribution in [0.1, 0.15) is 13.8 Å². The van der Waals surface area contributed by atoms with Crippen LogP contribution in [0.5, 0.6) is 0 Å². The molecule has 0 spiro atoms. The number of hydrogen-bond acceptors (Lipinski definition) is 1. The van der Waals surface area contributed by atoms with Crippen LogP contribution in [0.2, 0.25) is 0 Å². The summed E-state index contributed by atoms with van der Waals surface area (Å²) in [5.74, 6) is 0. The van der Waals surface area contributed by atoms with Gasteiger partial charge in [0, 0.05) is 12.1 Å². The topological polar surface area (TPSA) is 21.9 Å². The minimum atomic E-state index is 0.801. The Hall–Kier alpha value is -0.0400. The van der Waals surface area contributed by atoms with Crippen LogP contribution in [0, 0.1) is 0 Å². The van der Waals surface area contributed by atoms with E-state index in [2.05, 4.69) is 19.2 Å². The van der Waals surface area contributed by atoms with E-state index in [4.69, 9.17) is 0 Å². The molecule has 0 bridgehead atoms. The maximum atomic E-state index is 3.19. The average Bonchev–Trinajstić information content (AvgIpc) is 1.79. The van der Waals surface area contributed by atoms with Crippen molar-refractivity contribution >= 4 is 0 Å². The summed E-state index contributed by atoms with van der Waals surface area (Å²) >= 11 is 0. The van der Waals surface area contributed by atoms with Crippen LogP contribution >= 0.6 is 0 Å². The molecule has 1 fully saturated rings. The van der Waals surface area contributed by atoms with Gasteiger partial charge in [0.2, 0.25) is 0 Å². The van der Waals surface area contributed by atoms with Crippen molar-refractivity contribution in [2.75, 3.05) is 0 Å². The van der Waals surface area contributed by atoms with Crippen molar-refractivity contribution < 1.29 is 0 Å². The van der Waals surface area contributed by atoms with Gasteiger partial charge in [0.1, 0.15) is 0 Å². The average molecular weight is 71.1 g/mol. The van der Waals surface area contributed by atoms with Gasteiger partial charge in [-0.05, 0) is 13.8 Å². The van der Waals surface area contributed by atoms with Gasteiger partial charge in [-0.15, -0.1) is 0 Å². The highest BCUT2D eigenvalue weighted by atomic mass is 15.1. The lowest BCUT2D eigenvalue weighted by Crippen LogP contribution is -1.74. The van der Waals surface area contributed by atoms with Crippen molar-refractivity contribution in [2.24, 2.45) is 0 Å². The predicted octanol–water partition coefficient (Wildman–Crippen LogP) is 0.367. The molecule has 30 valence electrons. The third-order valence-corrected chi connectivity index (χ3v) is 1.17. The third-order valence-electron chi connectivity index (χ3n) is 1.17. The van der Waals surface area contributed by atoms with Crippen molar-refractivity contribution in [3.8, 4) is 0 Å². The second-order valence-electron chi connectivity index (χ2n) is 1.74. The maximum Gasteiger partial charge on any atom is 0.0193 e. The molecular formula is C4H9N. The Morgan fingerprint density at radius 2 is 1.40 bits per heavy atom. The molecule has 5 heavy (non-hydrogen) atoms. The Morgan fingerprint density at radius 3 is 1.40 bits per heavy atom. The second kappa shape index (κ2) is 0.716. The fourth-order valence-corrected chi connectivity index (χ4v) is 0.359. The Morgan fingerprint density at radius 1 is 1.20 bits per heavy atom. The van der Waals surface area contributed by atoms with Gasteiger partial charge in [0.05, 0.1) is 0 Å². The molecule has 0 aromatic carbocycles. The van der Waals surface area contributed by atoms with Gasteiger partial charge in [-0.25, -0.2) is 0 Å². The summed E-state index contributed by atoms with van der Waals surface area (Å²) in [5, 5.41) is 3.19. The van der Waals surface area contributed by atoms with E-state index in [1.54, 1.807) is 0 Å².